The first kappa shape index (κ1) is 39.3. The molecule has 0 bridgehead atoms. The van der Waals surface area contributed by atoms with Crippen LogP contribution in [0.15, 0.2) is 0 Å². The summed E-state index contributed by atoms with van der Waals surface area (Å²) in [5.74, 6) is -9.00. The van der Waals surface area contributed by atoms with Crippen molar-refractivity contribution in [3.05, 3.63) is 0 Å². The molecular weight excluding hydrogens is 654 g/mol. The molecule has 0 aliphatic carbocycles. The summed E-state index contributed by atoms with van der Waals surface area (Å²) in [6.45, 7) is 2.38. The highest BCUT2D eigenvalue weighted by Crippen LogP contribution is 2.42. The van der Waals surface area contributed by atoms with Gasteiger partial charge in [-0.05, 0) is 20.0 Å². The van der Waals surface area contributed by atoms with E-state index in [2.05, 4.69) is 8.37 Å². The zero-order valence-corrected chi connectivity index (χ0v) is 25.8. The predicted molar refractivity (Wildman–Crippen MR) is 143 cm³/mol. The van der Waals surface area contributed by atoms with Gasteiger partial charge in [0.05, 0.1) is 25.9 Å². The first-order valence-corrected chi connectivity index (χ1v) is 15.6. The summed E-state index contributed by atoms with van der Waals surface area (Å²) < 4.78 is 53.9. The van der Waals surface area contributed by atoms with Gasteiger partial charge in [0.2, 0.25) is 5.78 Å². The first-order chi connectivity index (χ1) is 21.3. The minimum Gasteiger partial charge on any atom is -0.394 e. The fraction of sp³-hybridized carbons (Fsp3) is 0.958. The van der Waals surface area contributed by atoms with Gasteiger partial charge in [0, 0.05) is 0 Å². The number of hydrogen-bond donors (Lipinski definition) is 11. The molecule has 0 aromatic carbocycles. The largest absolute Gasteiger partial charge is 0.406 e. The summed E-state index contributed by atoms with van der Waals surface area (Å²) in [6.07, 6.45) is -22.9. The molecule has 0 aromatic heterocycles. The summed E-state index contributed by atoms with van der Waals surface area (Å²) in [7, 11) is -5.32. The van der Waals surface area contributed by atoms with Crippen molar-refractivity contribution in [1.29, 1.82) is 0 Å². The Bertz CT molecular complexity index is 1130. The van der Waals surface area contributed by atoms with Gasteiger partial charge in [0.25, 0.3) is 5.79 Å². The van der Waals surface area contributed by atoms with E-state index in [1.807, 2.05) is 0 Å². The lowest BCUT2D eigenvalue weighted by atomic mass is 9.89. The molecule has 46 heavy (non-hydrogen) atoms. The molecule has 11 N–H and O–H groups in total. The number of nitrogens with zero attached hydrogens (tertiary/aromatic N) is 1. The fourth-order valence-corrected chi connectivity index (χ4v) is 6.31. The average Bonchev–Trinajstić information content (AvgIpc) is 3.22. The highest BCUT2D eigenvalue weighted by molar-refractivity contribution is 7.82. The van der Waals surface area contributed by atoms with Gasteiger partial charge in [-0.25, -0.2) is 4.18 Å². The van der Waals surface area contributed by atoms with Crippen molar-refractivity contribution >= 4 is 16.2 Å². The number of aliphatic hydroxyl groups excluding tert-OH is 9. The van der Waals surface area contributed by atoms with Crippen molar-refractivity contribution in [3.63, 3.8) is 0 Å². The van der Waals surface area contributed by atoms with E-state index in [-0.39, 0.29) is 13.1 Å². The smallest absolute Gasteiger partial charge is 0.394 e. The molecule has 0 aromatic rings. The summed E-state index contributed by atoms with van der Waals surface area (Å²) >= 11 is 0. The van der Waals surface area contributed by atoms with Gasteiger partial charge in [0.1, 0.15) is 61.0 Å². The molecule has 0 amide bonds. The van der Waals surface area contributed by atoms with Crippen LogP contribution in [0.2, 0.25) is 0 Å². The van der Waals surface area contributed by atoms with Crippen molar-refractivity contribution in [2.24, 2.45) is 0 Å². The molecule has 3 heterocycles. The summed E-state index contributed by atoms with van der Waals surface area (Å²) in [5.41, 5.74) is 0. The van der Waals surface area contributed by atoms with Crippen molar-refractivity contribution in [2.75, 3.05) is 32.9 Å². The molecule has 270 valence electrons. The molecule has 0 radical (unpaired) electrons. The fourth-order valence-electron chi connectivity index (χ4n) is 5.26. The Morgan fingerprint density at radius 3 is 1.85 bits per heavy atom. The van der Waals surface area contributed by atoms with Crippen LogP contribution in [-0.4, -0.2) is 199 Å². The summed E-state index contributed by atoms with van der Waals surface area (Å²) in [4.78, 5) is 14.6. The second-order valence-corrected chi connectivity index (χ2v) is 12.2. The van der Waals surface area contributed by atoms with E-state index in [0.29, 0.717) is 0 Å². The zero-order valence-electron chi connectivity index (χ0n) is 25.0. The van der Waals surface area contributed by atoms with Crippen LogP contribution in [0.1, 0.15) is 20.8 Å². The molecule has 3 aliphatic rings. The highest BCUT2D eigenvalue weighted by Gasteiger charge is 2.73. The second kappa shape index (κ2) is 15.2. The maximum Gasteiger partial charge on any atom is 0.406 e. The Kier molecular flexibility index (Phi) is 13.0. The molecular formula is C24H43NO20S. The van der Waals surface area contributed by atoms with E-state index in [9.17, 15) is 69.4 Å². The lowest BCUT2D eigenvalue weighted by Gasteiger charge is -2.43. The number of likely N-dealkylation sites (N-methyl/N-ethyl adjacent to an activating group) is 1. The van der Waals surface area contributed by atoms with Crippen LogP contribution in [0, 0.1) is 0 Å². The normalized spacial score (nSPS) is 43.4. The van der Waals surface area contributed by atoms with Crippen LogP contribution >= 0.6 is 0 Å². The molecule has 3 saturated heterocycles. The molecule has 3 rings (SSSR count). The minimum absolute atomic E-state index is 0.239. The number of ketones is 1. The molecule has 3 aliphatic heterocycles. The van der Waals surface area contributed by atoms with Crippen LogP contribution < -0.4 is 0 Å². The molecule has 3 fully saturated rings. The molecule has 21 nitrogen and oxygen atoms in total. The Labute approximate surface area is 262 Å². The Balaban J connectivity index is 1.70. The lowest BCUT2D eigenvalue weighted by molar-refractivity contribution is -0.341. The van der Waals surface area contributed by atoms with Crippen LogP contribution in [0.3, 0.4) is 0 Å². The molecule has 0 saturated carbocycles. The van der Waals surface area contributed by atoms with E-state index in [4.69, 9.17) is 18.9 Å². The molecule has 15 atom stereocenters. The standard InChI is InChI=1S/C24H43NO20S/c1-4-25(5-2)9(3)19(34)23(36)24(37,45-46(38,39)44-23)20(35)10(27)7-40-21-18(33)16(31)14(29)12(43-21)8-41-22-17(32)15(30)13(28)11(6-26)42-22/h9-18,20-22,26-33,35-37H,4-8H2,1-3H3/t9?,10-,11-,12-,13-,14-,15+,16+,17-,18-,20-,21+,22+,23-,24+/m1/s1. The maximum atomic E-state index is 13.1. The lowest BCUT2D eigenvalue weighted by Crippen LogP contribution is -2.69. The van der Waals surface area contributed by atoms with Gasteiger partial charge in [-0.15, -0.1) is 0 Å². The number of carbonyl (C=O) groups is 1. The van der Waals surface area contributed by atoms with E-state index < -0.39 is 127 Å². The van der Waals surface area contributed by atoms with Crippen LogP contribution in [0.4, 0.5) is 0 Å². The van der Waals surface area contributed by atoms with E-state index in [0.717, 1.165) is 0 Å². The summed E-state index contributed by atoms with van der Waals surface area (Å²) in [5, 5.41) is 114. The monoisotopic (exact) mass is 697 g/mol. The van der Waals surface area contributed by atoms with Gasteiger partial charge < -0.3 is 75.1 Å². The van der Waals surface area contributed by atoms with Gasteiger partial charge >= 0.3 is 16.2 Å². The van der Waals surface area contributed by atoms with Gasteiger partial charge in [-0.1, -0.05) is 13.8 Å². The Morgan fingerprint density at radius 1 is 0.826 bits per heavy atom. The van der Waals surface area contributed by atoms with E-state index >= 15 is 0 Å². The third kappa shape index (κ3) is 7.55. The number of hydrogen-bond acceptors (Lipinski definition) is 21. The van der Waals surface area contributed by atoms with Crippen molar-refractivity contribution < 1.29 is 96.7 Å². The second-order valence-electron chi connectivity index (χ2n) is 11.1. The van der Waals surface area contributed by atoms with Crippen LogP contribution in [0.25, 0.3) is 0 Å². The quantitative estimate of drug-likeness (QED) is 0.0802. The van der Waals surface area contributed by atoms with Crippen molar-refractivity contribution in [2.45, 2.75) is 112 Å². The third-order valence-electron chi connectivity index (χ3n) is 8.15. The minimum atomic E-state index is -5.32. The number of Topliss-reactive ketones (excluding diaryl/α,β-unsaturated/α-hetero) is 1. The Hall–Kier alpha value is -1.10. The highest BCUT2D eigenvalue weighted by atomic mass is 32.3. The van der Waals surface area contributed by atoms with Crippen LogP contribution in [0.5, 0.6) is 0 Å². The van der Waals surface area contributed by atoms with Crippen molar-refractivity contribution in [3.8, 4) is 0 Å². The Morgan fingerprint density at radius 2 is 1.33 bits per heavy atom. The first-order valence-electron chi connectivity index (χ1n) is 14.3. The van der Waals surface area contributed by atoms with E-state index in [1.165, 1.54) is 11.8 Å². The maximum absolute atomic E-state index is 13.1. The predicted octanol–water partition coefficient (Wildman–Crippen LogP) is -7.68. The van der Waals surface area contributed by atoms with Gasteiger partial charge in [-0.2, -0.15) is 12.6 Å². The third-order valence-corrected chi connectivity index (χ3v) is 9.05. The number of carbonyl (C=O) groups excluding carboxylic acids is 1. The SMILES string of the molecule is CCN(CC)C(C)C(=O)[C@@]1(O)OS(=O)(=O)O[C@@]1(O)[C@H](O)[C@H](O)CO[C@H]1O[C@H](CO[C@H]2O[C@H](CO)[C@@H](O)[C@H](O)[C@H]2O)[C@@H](O)[C@H](O)[C@H]1O. The molecule has 1 unspecified atom stereocenters. The summed E-state index contributed by atoms with van der Waals surface area (Å²) in [6, 6.07) is -1.29. The van der Waals surface area contributed by atoms with Gasteiger partial charge in [0.15, 0.2) is 12.6 Å². The number of rotatable bonds is 14. The molecule has 22 heteroatoms. The average molecular weight is 698 g/mol. The number of aliphatic hydroxyl groups is 11. The topological polar surface area (TPSA) is 332 Å². The van der Waals surface area contributed by atoms with Crippen molar-refractivity contribution in [1.82, 2.24) is 4.90 Å². The number of ether oxygens (including phenoxy) is 4. The van der Waals surface area contributed by atoms with Gasteiger partial charge in [-0.3, -0.25) is 9.69 Å². The van der Waals surface area contributed by atoms with Crippen LogP contribution in [-0.2, 0) is 42.5 Å². The van der Waals surface area contributed by atoms with E-state index in [1.54, 1.807) is 13.8 Å². The zero-order chi connectivity index (χ0) is 34.9. The molecule has 0 spiro atoms.